The van der Waals surface area contributed by atoms with Gasteiger partial charge in [-0.3, -0.25) is 13.9 Å². The number of halogens is 2. The van der Waals surface area contributed by atoms with Gasteiger partial charge in [0, 0.05) is 18.6 Å². The largest absolute Gasteiger partial charge is 0.497 e. The van der Waals surface area contributed by atoms with Gasteiger partial charge in [0.15, 0.2) is 0 Å². The monoisotopic (exact) mass is 547 g/mol. The minimum atomic E-state index is -4.27. The molecule has 0 saturated carbocycles. The first kappa shape index (κ1) is 27.9. The Balaban J connectivity index is 2.03. The Morgan fingerprint density at radius 3 is 2.22 bits per heavy atom. The van der Waals surface area contributed by atoms with Crippen LogP contribution in [0.4, 0.5) is 10.1 Å². The average Bonchev–Trinajstić information content (AvgIpc) is 2.90. The van der Waals surface area contributed by atoms with Crippen molar-refractivity contribution in [1.82, 2.24) is 10.2 Å². The summed E-state index contributed by atoms with van der Waals surface area (Å²) in [6, 6.07) is 16.3. The van der Waals surface area contributed by atoms with Crippen LogP contribution in [0, 0.1) is 5.82 Å². The number of benzene rings is 3. The van der Waals surface area contributed by atoms with Gasteiger partial charge >= 0.3 is 0 Å². The van der Waals surface area contributed by atoms with Crippen LogP contribution in [0.2, 0.25) is 5.02 Å². The first-order valence-corrected chi connectivity index (χ1v) is 13.1. The predicted octanol–water partition coefficient (Wildman–Crippen LogP) is 3.85. The van der Waals surface area contributed by atoms with Crippen LogP contribution in [0.25, 0.3) is 0 Å². The van der Waals surface area contributed by atoms with Crippen LogP contribution < -0.4 is 14.4 Å². The van der Waals surface area contributed by atoms with E-state index >= 15 is 0 Å². The maximum atomic E-state index is 13.7. The Bertz CT molecular complexity index is 1350. The maximum Gasteiger partial charge on any atom is 0.264 e. The SMILES string of the molecule is CNC(=O)[C@H](C)N(Cc1ccccc1Cl)C(=O)CN(c1ccc(F)cc1)S(=O)(=O)c1ccc(OC)cc1. The fraction of sp³-hybridized carbons (Fsp3) is 0.231. The smallest absolute Gasteiger partial charge is 0.264 e. The van der Waals surface area contributed by atoms with Gasteiger partial charge in [-0.15, -0.1) is 0 Å². The molecule has 0 fully saturated rings. The molecule has 0 spiro atoms. The Labute approximate surface area is 220 Å². The third-order valence-corrected chi connectivity index (χ3v) is 7.91. The number of ether oxygens (including phenoxy) is 1. The second kappa shape index (κ2) is 12.1. The molecule has 0 unspecified atom stereocenters. The average molecular weight is 548 g/mol. The molecule has 196 valence electrons. The summed E-state index contributed by atoms with van der Waals surface area (Å²) in [6.45, 7) is 0.854. The first-order valence-electron chi connectivity index (χ1n) is 11.2. The molecule has 0 aliphatic rings. The molecular formula is C26H27ClFN3O5S. The molecule has 1 N–H and O–H groups in total. The Kier molecular flexibility index (Phi) is 9.12. The highest BCUT2D eigenvalue weighted by Crippen LogP contribution is 2.26. The summed E-state index contributed by atoms with van der Waals surface area (Å²) in [5, 5.41) is 2.90. The molecule has 0 aliphatic carbocycles. The summed E-state index contributed by atoms with van der Waals surface area (Å²) < 4.78 is 47.0. The Hall–Kier alpha value is -3.63. The predicted molar refractivity (Wildman–Crippen MR) is 139 cm³/mol. The second-order valence-corrected chi connectivity index (χ2v) is 10.3. The van der Waals surface area contributed by atoms with Crippen LogP contribution >= 0.6 is 11.6 Å². The molecule has 0 bridgehead atoms. The molecule has 11 heteroatoms. The number of amides is 2. The quantitative estimate of drug-likeness (QED) is 0.416. The van der Waals surface area contributed by atoms with Gasteiger partial charge in [-0.25, -0.2) is 12.8 Å². The van der Waals surface area contributed by atoms with Gasteiger partial charge in [0.25, 0.3) is 10.0 Å². The van der Waals surface area contributed by atoms with E-state index in [4.69, 9.17) is 16.3 Å². The molecule has 0 aromatic heterocycles. The molecule has 0 aliphatic heterocycles. The number of nitrogens with zero attached hydrogens (tertiary/aromatic N) is 2. The number of hydrogen-bond donors (Lipinski definition) is 1. The van der Waals surface area contributed by atoms with Crippen LogP contribution in [0.1, 0.15) is 12.5 Å². The zero-order valence-corrected chi connectivity index (χ0v) is 22.1. The number of sulfonamides is 1. The lowest BCUT2D eigenvalue weighted by Gasteiger charge is -2.32. The zero-order valence-electron chi connectivity index (χ0n) is 20.5. The van der Waals surface area contributed by atoms with Gasteiger partial charge in [0.2, 0.25) is 11.8 Å². The maximum absolute atomic E-state index is 13.7. The van der Waals surface area contributed by atoms with Gasteiger partial charge in [0.1, 0.15) is 24.2 Å². The summed E-state index contributed by atoms with van der Waals surface area (Å²) in [5.74, 6) is -1.21. The molecule has 3 aromatic rings. The van der Waals surface area contributed by atoms with Crippen molar-refractivity contribution in [2.45, 2.75) is 24.4 Å². The molecule has 37 heavy (non-hydrogen) atoms. The van der Waals surface area contributed by atoms with Crippen molar-refractivity contribution >= 4 is 39.1 Å². The normalized spacial score (nSPS) is 11.9. The van der Waals surface area contributed by atoms with Gasteiger partial charge in [0.05, 0.1) is 17.7 Å². The molecule has 8 nitrogen and oxygen atoms in total. The van der Waals surface area contributed by atoms with Crippen molar-refractivity contribution in [2.24, 2.45) is 0 Å². The van der Waals surface area contributed by atoms with Crippen LogP contribution in [-0.2, 0) is 26.2 Å². The standard InChI is InChI=1S/C26H27ClFN3O5S/c1-18(26(33)29-2)30(16-19-6-4-5-7-24(19)27)25(32)17-31(21-10-8-20(28)9-11-21)37(34,35)23-14-12-22(36-3)13-15-23/h4-15,18H,16-17H2,1-3H3,(H,29,33)/t18-/m0/s1. The third-order valence-electron chi connectivity index (χ3n) is 5.75. The van der Waals surface area contributed by atoms with Crippen LogP contribution in [-0.4, -0.2) is 51.9 Å². The van der Waals surface area contributed by atoms with E-state index in [2.05, 4.69) is 5.32 Å². The number of likely N-dealkylation sites (N-methyl/N-ethyl adjacent to an activating group) is 1. The number of nitrogens with one attached hydrogen (secondary N) is 1. The molecule has 0 saturated heterocycles. The minimum Gasteiger partial charge on any atom is -0.497 e. The number of methoxy groups -OCH3 is 1. The summed E-state index contributed by atoms with van der Waals surface area (Å²) in [6.07, 6.45) is 0. The lowest BCUT2D eigenvalue weighted by Crippen LogP contribution is -2.50. The van der Waals surface area contributed by atoms with Crippen LogP contribution in [0.15, 0.2) is 77.7 Å². The number of carbonyl (C=O) groups is 2. The van der Waals surface area contributed by atoms with Gasteiger partial charge < -0.3 is 15.0 Å². The highest BCUT2D eigenvalue weighted by Gasteiger charge is 2.32. The fourth-order valence-electron chi connectivity index (χ4n) is 3.61. The zero-order chi connectivity index (χ0) is 27.2. The van der Waals surface area contributed by atoms with E-state index in [1.807, 2.05) is 0 Å². The molecule has 3 aromatic carbocycles. The van der Waals surface area contributed by atoms with Gasteiger partial charge in [-0.2, -0.15) is 0 Å². The highest BCUT2D eigenvalue weighted by atomic mass is 35.5. The van der Waals surface area contributed by atoms with Crippen LogP contribution in [0.3, 0.4) is 0 Å². The van der Waals surface area contributed by atoms with E-state index in [0.29, 0.717) is 16.3 Å². The lowest BCUT2D eigenvalue weighted by atomic mass is 10.1. The van der Waals surface area contributed by atoms with Crippen molar-refractivity contribution in [3.8, 4) is 5.75 Å². The number of hydrogen-bond acceptors (Lipinski definition) is 5. The topological polar surface area (TPSA) is 96.0 Å². The molecular weight excluding hydrogens is 521 g/mol. The summed E-state index contributed by atoms with van der Waals surface area (Å²) in [4.78, 5) is 27.3. The summed E-state index contributed by atoms with van der Waals surface area (Å²) in [7, 11) is -1.38. The summed E-state index contributed by atoms with van der Waals surface area (Å²) in [5.41, 5.74) is 0.662. The Morgan fingerprint density at radius 1 is 1.03 bits per heavy atom. The van der Waals surface area contributed by atoms with E-state index < -0.39 is 40.2 Å². The van der Waals surface area contributed by atoms with Crippen molar-refractivity contribution < 1.29 is 27.1 Å². The van der Waals surface area contributed by atoms with E-state index in [1.54, 1.807) is 24.3 Å². The van der Waals surface area contributed by atoms with Crippen molar-refractivity contribution in [2.75, 3.05) is 25.0 Å². The van der Waals surface area contributed by atoms with Gasteiger partial charge in [-0.1, -0.05) is 29.8 Å². The van der Waals surface area contributed by atoms with E-state index in [-0.39, 0.29) is 17.1 Å². The number of carbonyl (C=O) groups excluding carboxylic acids is 2. The molecule has 3 rings (SSSR count). The lowest BCUT2D eigenvalue weighted by molar-refractivity contribution is -0.139. The Morgan fingerprint density at radius 2 is 1.65 bits per heavy atom. The van der Waals surface area contributed by atoms with Gasteiger partial charge in [-0.05, 0) is 67.1 Å². The highest BCUT2D eigenvalue weighted by molar-refractivity contribution is 7.92. The molecule has 2 amide bonds. The van der Waals surface area contributed by atoms with E-state index in [9.17, 15) is 22.4 Å². The van der Waals surface area contributed by atoms with E-state index in [0.717, 1.165) is 16.4 Å². The second-order valence-electron chi connectivity index (χ2n) is 8.07. The minimum absolute atomic E-state index is 0.0348. The first-order chi connectivity index (χ1) is 17.6. The molecule has 0 heterocycles. The van der Waals surface area contributed by atoms with Crippen molar-refractivity contribution in [3.05, 3.63) is 89.2 Å². The van der Waals surface area contributed by atoms with Crippen LogP contribution in [0.5, 0.6) is 5.75 Å². The van der Waals surface area contributed by atoms with E-state index in [1.165, 1.54) is 62.4 Å². The fourth-order valence-corrected chi connectivity index (χ4v) is 5.22. The molecule has 0 radical (unpaired) electrons. The summed E-state index contributed by atoms with van der Waals surface area (Å²) >= 11 is 6.29. The molecule has 1 atom stereocenters. The number of rotatable bonds is 10. The van der Waals surface area contributed by atoms with Crippen molar-refractivity contribution in [1.29, 1.82) is 0 Å². The number of anilines is 1. The van der Waals surface area contributed by atoms with Crippen molar-refractivity contribution in [3.63, 3.8) is 0 Å². The third kappa shape index (κ3) is 6.58.